The molecule has 0 bridgehead atoms. The topological polar surface area (TPSA) is 0 Å². The van der Waals surface area contributed by atoms with Crippen molar-refractivity contribution in [3.05, 3.63) is 59.7 Å². The Morgan fingerprint density at radius 3 is 2.17 bits per heavy atom. The lowest BCUT2D eigenvalue weighted by Gasteiger charge is -2.11. The van der Waals surface area contributed by atoms with Crippen molar-refractivity contribution in [2.75, 3.05) is 0 Å². The van der Waals surface area contributed by atoms with Gasteiger partial charge >= 0.3 is 6.18 Å². The van der Waals surface area contributed by atoms with E-state index >= 15 is 0 Å². The molecule has 94 valence electrons. The summed E-state index contributed by atoms with van der Waals surface area (Å²) >= 11 is 1.33. The first-order valence-corrected chi connectivity index (χ1v) is 6.19. The van der Waals surface area contributed by atoms with Gasteiger partial charge in [0, 0.05) is 9.79 Å². The highest BCUT2D eigenvalue weighted by atomic mass is 32.2. The van der Waals surface area contributed by atoms with Crippen molar-refractivity contribution < 1.29 is 13.2 Å². The van der Waals surface area contributed by atoms with E-state index in [2.05, 4.69) is 0 Å². The van der Waals surface area contributed by atoms with Crippen LogP contribution < -0.4 is 0 Å². The minimum Gasteiger partial charge on any atom is -0.166 e. The fourth-order valence-electron chi connectivity index (χ4n) is 1.59. The quantitative estimate of drug-likeness (QED) is 0.724. The van der Waals surface area contributed by atoms with Gasteiger partial charge in [0.2, 0.25) is 0 Å². The molecule has 0 fully saturated rings. The van der Waals surface area contributed by atoms with Crippen LogP contribution >= 0.6 is 11.8 Å². The molecule has 2 rings (SSSR count). The minimum atomic E-state index is -4.29. The molecule has 2 aromatic rings. The fraction of sp³-hybridized carbons (Fsp3) is 0.143. The Morgan fingerprint density at radius 1 is 0.889 bits per heavy atom. The van der Waals surface area contributed by atoms with Crippen LogP contribution in [0.5, 0.6) is 0 Å². The molecule has 2 aromatic carbocycles. The van der Waals surface area contributed by atoms with Crippen LogP contribution in [0.4, 0.5) is 13.2 Å². The van der Waals surface area contributed by atoms with Crippen LogP contribution in [0, 0.1) is 6.92 Å². The number of hydrogen-bond donors (Lipinski definition) is 0. The first-order chi connectivity index (χ1) is 8.47. The van der Waals surface area contributed by atoms with Crippen LogP contribution in [-0.2, 0) is 6.18 Å². The Balaban J connectivity index is 2.31. The summed E-state index contributed by atoms with van der Waals surface area (Å²) in [5.41, 5.74) is -0.316. The van der Waals surface area contributed by atoms with Crippen molar-refractivity contribution in [3.8, 4) is 0 Å². The van der Waals surface area contributed by atoms with Gasteiger partial charge in [-0.2, -0.15) is 13.2 Å². The zero-order chi connectivity index (χ0) is 13.2. The second-order valence-electron chi connectivity index (χ2n) is 3.89. The van der Waals surface area contributed by atoms with E-state index in [0.717, 1.165) is 4.90 Å². The van der Waals surface area contributed by atoms with Gasteiger partial charge in [-0.05, 0) is 36.8 Å². The average molecular weight is 268 g/mol. The Labute approximate surface area is 108 Å². The third-order valence-electron chi connectivity index (χ3n) is 2.49. The van der Waals surface area contributed by atoms with E-state index in [1.807, 2.05) is 30.3 Å². The van der Waals surface area contributed by atoms with E-state index in [1.54, 1.807) is 6.07 Å². The van der Waals surface area contributed by atoms with Crippen molar-refractivity contribution in [2.24, 2.45) is 0 Å². The van der Waals surface area contributed by atoms with Gasteiger partial charge in [0.05, 0.1) is 5.56 Å². The van der Waals surface area contributed by atoms with Crippen LogP contribution in [0.15, 0.2) is 58.3 Å². The summed E-state index contributed by atoms with van der Waals surface area (Å²) in [6.45, 7) is 1.47. The molecule has 18 heavy (non-hydrogen) atoms. The summed E-state index contributed by atoms with van der Waals surface area (Å²) < 4.78 is 38.3. The number of benzene rings is 2. The minimum absolute atomic E-state index is 0.250. The number of halogens is 3. The molecule has 0 aliphatic carbocycles. The van der Waals surface area contributed by atoms with Gasteiger partial charge in [-0.15, -0.1) is 0 Å². The maximum Gasteiger partial charge on any atom is 0.416 e. The van der Waals surface area contributed by atoms with E-state index < -0.39 is 11.7 Å². The second kappa shape index (κ2) is 5.06. The lowest BCUT2D eigenvalue weighted by Crippen LogP contribution is -2.07. The lowest BCUT2D eigenvalue weighted by molar-refractivity contribution is -0.138. The van der Waals surface area contributed by atoms with Crippen molar-refractivity contribution in [2.45, 2.75) is 22.9 Å². The van der Waals surface area contributed by atoms with Crippen molar-refractivity contribution in [1.29, 1.82) is 0 Å². The van der Waals surface area contributed by atoms with E-state index in [1.165, 1.54) is 30.8 Å². The molecule has 0 heterocycles. The first kappa shape index (κ1) is 13.0. The maximum atomic E-state index is 12.8. The summed E-state index contributed by atoms with van der Waals surface area (Å²) in [4.78, 5) is 1.52. The fourth-order valence-corrected chi connectivity index (χ4v) is 2.47. The predicted molar refractivity (Wildman–Crippen MR) is 66.7 cm³/mol. The number of rotatable bonds is 2. The van der Waals surface area contributed by atoms with Crippen LogP contribution in [0.25, 0.3) is 0 Å². The summed E-state index contributed by atoms with van der Waals surface area (Å²) in [6.07, 6.45) is -4.29. The van der Waals surface area contributed by atoms with Gasteiger partial charge < -0.3 is 0 Å². The van der Waals surface area contributed by atoms with Crippen molar-refractivity contribution >= 4 is 11.8 Å². The molecule has 0 aliphatic rings. The van der Waals surface area contributed by atoms with Gasteiger partial charge in [0.15, 0.2) is 0 Å². The number of aryl methyl sites for hydroxylation is 1. The van der Waals surface area contributed by atoms with Crippen LogP contribution in [0.3, 0.4) is 0 Å². The third-order valence-corrected chi connectivity index (χ3v) is 3.49. The first-order valence-electron chi connectivity index (χ1n) is 5.37. The summed E-state index contributed by atoms with van der Waals surface area (Å²) in [5, 5.41) is 0. The molecule has 0 N–H and O–H groups in total. The highest BCUT2D eigenvalue weighted by Crippen LogP contribution is 2.36. The van der Waals surface area contributed by atoms with E-state index in [4.69, 9.17) is 0 Å². The van der Waals surface area contributed by atoms with E-state index in [9.17, 15) is 13.2 Å². The summed E-state index contributed by atoms with van der Waals surface area (Å²) in [6, 6.07) is 13.8. The smallest absolute Gasteiger partial charge is 0.166 e. The highest BCUT2D eigenvalue weighted by molar-refractivity contribution is 7.99. The molecule has 0 amide bonds. The maximum absolute atomic E-state index is 12.8. The Hall–Kier alpha value is -1.42. The molecule has 0 radical (unpaired) electrons. The van der Waals surface area contributed by atoms with Crippen molar-refractivity contribution in [3.63, 3.8) is 0 Å². The molecule has 0 saturated heterocycles. The second-order valence-corrected chi connectivity index (χ2v) is 5.04. The average Bonchev–Trinajstić information content (AvgIpc) is 2.31. The number of alkyl halides is 3. The van der Waals surface area contributed by atoms with Crippen LogP contribution in [0.2, 0.25) is 0 Å². The number of hydrogen-bond acceptors (Lipinski definition) is 1. The van der Waals surface area contributed by atoms with Gasteiger partial charge in [-0.25, -0.2) is 0 Å². The molecule has 0 saturated carbocycles. The summed E-state index contributed by atoms with van der Waals surface area (Å²) in [5.74, 6) is 0. The van der Waals surface area contributed by atoms with Crippen LogP contribution in [-0.4, -0.2) is 0 Å². The molecule has 0 aromatic heterocycles. The largest absolute Gasteiger partial charge is 0.416 e. The Kier molecular flexibility index (Phi) is 3.66. The molecule has 0 spiro atoms. The molecule has 0 nitrogen and oxygen atoms in total. The Bertz CT molecular complexity index is 532. The molecule has 0 unspecified atom stereocenters. The zero-order valence-electron chi connectivity index (χ0n) is 9.66. The monoisotopic (exact) mass is 268 g/mol. The molecule has 0 aliphatic heterocycles. The van der Waals surface area contributed by atoms with Crippen LogP contribution in [0.1, 0.15) is 11.1 Å². The Morgan fingerprint density at radius 2 is 1.56 bits per heavy atom. The SMILES string of the molecule is Cc1ccc(Sc2ccccc2)cc1C(F)(F)F. The summed E-state index contributed by atoms with van der Waals surface area (Å²) in [7, 11) is 0. The lowest BCUT2D eigenvalue weighted by atomic mass is 10.1. The highest BCUT2D eigenvalue weighted by Gasteiger charge is 2.32. The standard InChI is InChI=1S/C14H11F3S/c1-10-7-8-12(9-13(10)14(15,16)17)18-11-5-3-2-4-6-11/h2-9H,1H3. The normalized spacial score (nSPS) is 11.6. The van der Waals surface area contributed by atoms with Gasteiger partial charge in [0.25, 0.3) is 0 Å². The van der Waals surface area contributed by atoms with Gasteiger partial charge in [-0.3, -0.25) is 0 Å². The van der Waals surface area contributed by atoms with E-state index in [-0.39, 0.29) is 5.56 Å². The molecule has 4 heteroatoms. The molecular weight excluding hydrogens is 257 g/mol. The third kappa shape index (κ3) is 3.07. The van der Waals surface area contributed by atoms with Gasteiger partial charge in [0.1, 0.15) is 0 Å². The molecule has 0 atom stereocenters. The van der Waals surface area contributed by atoms with E-state index in [0.29, 0.717) is 4.90 Å². The molecular formula is C14H11F3S. The van der Waals surface area contributed by atoms with Gasteiger partial charge in [-0.1, -0.05) is 36.0 Å². The zero-order valence-corrected chi connectivity index (χ0v) is 10.5. The predicted octanol–water partition coefficient (Wildman–Crippen LogP) is 5.17. The van der Waals surface area contributed by atoms with Crippen molar-refractivity contribution in [1.82, 2.24) is 0 Å².